The molecule has 0 saturated heterocycles. The maximum Gasteiger partial charge on any atom is 0.255 e. The van der Waals surface area contributed by atoms with E-state index in [9.17, 15) is 14.3 Å². The fourth-order valence-electron chi connectivity index (χ4n) is 1.99. The van der Waals surface area contributed by atoms with Crippen LogP contribution in [0.25, 0.3) is 0 Å². The number of amides is 1. The summed E-state index contributed by atoms with van der Waals surface area (Å²) in [6.07, 6.45) is 0.0853. The summed E-state index contributed by atoms with van der Waals surface area (Å²) in [6, 6.07) is 4.12. The molecule has 1 atom stereocenters. The van der Waals surface area contributed by atoms with Gasteiger partial charge in [0.05, 0.1) is 16.7 Å². The summed E-state index contributed by atoms with van der Waals surface area (Å²) < 4.78 is 13.5. The van der Waals surface area contributed by atoms with Gasteiger partial charge in [-0.1, -0.05) is 31.5 Å². The predicted molar refractivity (Wildman–Crippen MR) is 73.8 cm³/mol. The largest absolute Gasteiger partial charge is 0.393 e. The number of hydrogen-bond donors (Lipinski definition) is 2. The fraction of sp³-hybridized carbons (Fsp3) is 0.500. The molecule has 1 aromatic carbocycles. The van der Waals surface area contributed by atoms with Crippen molar-refractivity contribution in [3.63, 3.8) is 0 Å². The molecule has 1 aromatic rings. The van der Waals surface area contributed by atoms with Crippen LogP contribution >= 0.6 is 11.6 Å². The Bertz CT molecular complexity index is 441. The van der Waals surface area contributed by atoms with Crippen molar-refractivity contribution in [2.45, 2.75) is 33.3 Å². The van der Waals surface area contributed by atoms with E-state index in [0.717, 1.165) is 0 Å². The molecule has 0 aromatic heterocycles. The number of aliphatic hydroxyl groups excluding tert-OH is 1. The maximum absolute atomic E-state index is 13.5. The van der Waals surface area contributed by atoms with Gasteiger partial charge in [-0.15, -0.1) is 0 Å². The highest BCUT2D eigenvalue weighted by Gasteiger charge is 2.23. The second kappa shape index (κ2) is 6.35. The van der Waals surface area contributed by atoms with Crippen molar-refractivity contribution in [1.82, 2.24) is 5.32 Å². The molecule has 1 rings (SSSR count). The third kappa shape index (κ3) is 4.80. The third-order valence-electron chi connectivity index (χ3n) is 2.77. The van der Waals surface area contributed by atoms with E-state index in [1.165, 1.54) is 18.2 Å². The van der Waals surface area contributed by atoms with Crippen molar-refractivity contribution < 1.29 is 14.3 Å². The number of hydrogen-bond acceptors (Lipinski definition) is 2. The van der Waals surface area contributed by atoms with E-state index in [1.807, 2.05) is 13.8 Å². The molecule has 0 bridgehead atoms. The monoisotopic (exact) mass is 287 g/mol. The zero-order chi connectivity index (χ0) is 14.6. The smallest absolute Gasteiger partial charge is 0.255 e. The van der Waals surface area contributed by atoms with Gasteiger partial charge in [0.1, 0.15) is 5.82 Å². The molecule has 106 valence electrons. The number of carbonyl (C=O) groups excluding carboxylic acids is 1. The Labute approximate surface area is 117 Å². The number of nitrogens with one attached hydrogen (secondary N) is 1. The standard InChI is InChI=1S/C14H19ClFNO2/c1-9(18)7-14(2,3)8-17-13(19)12-10(15)5-4-6-11(12)16/h4-6,9,18H,7-8H2,1-3H3,(H,17,19). The minimum absolute atomic E-state index is 0.0887. The number of rotatable bonds is 5. The van der Waals surface area contributed by atoms with Crippen molar-refractivity contribution in [2.75, 3.05) is 6.54 Å². The van der Waals surface area contributed by atoms with Gasteiger partial charge < -0.3 is 10.4 Å². The first-order valence-corrected chi connectivity index (χ1v) is 6.51. The van der Waals surface area contributed by atoms with Gasteiger partial charge in [-0.25, -0.2) is 4.39 Å². The van der Waals surface area contributed by atoms with Gasteiger partial charge in [0, 0.05) is 6.54 Å². The third-order valence-corrected chi connectivity index (χ3v) is 3.08. The van der Waals surface area contributed by atoms with Crippen molar-refractivity contribution >= 4 is 17.5 Å². The van der Waals surface area contributed by atoms with E-state index < -0.39 is 17.8 Å². The van der Waals surface area contributed by atoms with Crippen molar-refractivity contribution in [1.29, 1.82) is 0 Å². The summed E-state index contributed by atoms with van der Waals surface area (Å²) >= 11 is 5.82. The minimum Gasteiger partial charge on any atom is -0.393 e. The molecule has 0 aliphatic carbocycles. The molecule has 5 heteroatoms. The molecule has 3 nitrogen and oxygen atoms in total. The van der Waals surface area contributed by atoms with Crippen LogP contribution in [0.5, 0.6) is 0 Å². The van der Waals surface area contributed by atoms with Crippen LogP contribution in [0.4, 0.5) is 4.39 Å². The van der Waals surface area contributed by atoms with Crippen LogP contribution in [-0.2, 0) is 0 Å². The summed E-state index contributed by atoms with van der Waals surface area (Å²) in [5.74, 6) is -1.18. The molecule has 0 fully saturated rings. The minimum atomic E-state index is -0.640. The highest BCUT2D eigenvalue weighted by atomic mass is 35.5. The van der Waals surface area contributed by atoms with Gasteiger partial charge in [0.25, 0.3) is 5.91 Å². The lowest BCUT2D eigenvalue weighted by atomic mass is 9.87. The lowest BCUT2D eigenvalue weighted by Crippen LogP contribution is -2.36. The first-order valence-electron chi connectivity index (χ1n) is 6.13. The summed E-state index contributed by atoms with van der Waals surface area (Å²) in [7, 11) is 0. The van der Waals surface area contributed by atoms with Gasteiger partial charge >= 0.3 is 0 Å². The normalized spacial score (nSPS) is 13.2. The highest BCUT2D eigenvalue weighted by molar-refractivity contribution is 6.33. The molecule has 0 heterocycles. The molecular formula is C14H19ClFNO2. The van der Waals surface area contributed by atoms with Crippen LogP contribution in [0.2, 0.25) is 5.02 Å². The van der Waals surface area contributed by atoms with Gasteiger partial charge in [-0.3, -0.25) is 4.79 Å². The van der Waals surface area contributed by atoms with E-state index in [-0.39, 0.29) is 16.0 Å². The van der Waals surface area contributed by atoms with Crippen molar-refractivity contribution in [2.24, 2.45) is 5.41 Å². The molecular weight excluding hydrogens is 269 g/mol. The Kier molecular flexibility index (Phi) is 5.32. The molecule has 1 amide bonds. The maximum atomic E-state index is 13.5. The Morgan fingerprint density at radius 3 is 2.68 bits per heavy atom. The quantitative estimate of drug-likeness (QED) is 0.875. The Morgan fingerprint density at radius 1 is 1.53 bits per heavy atom. The van der Waals surface area contributed by atoms with Crippen LogP contribution in [-0.4, -0.2) is 23.7 Å². The predicted octanol–water partition coefficient (Wildman–Crippen LogP) is 3.01. The molecule has 0 spiro atoms. The van der Waals surface area contributed by atoms with Gasteiger partial charge in [0.2, 0.25) is 0 Å². The first-order chi connectivity index (χ1) is 8.73. The molecule has 0 aliphatic heterocycles. The molecule has 1 unspecified atom stereocenters. The summed E-state index contributed by atoms with van der Waals surface area (Å²) in [6.45, 7) is 5.87. The summed E-state index contributed by atoms with van der Waals surface area (Å²) in [5, 5.41) is 12.1. The average molecular weight is 288 g/mol. The van der Waals surface area contributed by atoms with E-state index in [0.29, 0.717) is 13.0 Å². The molecule has 2 N–H and O–H groups in total. The van der Waals surface area contributed by atoms with Crippen LogP contribution in [0.3, 0.4) is 0 Å². The molecule has 0 radical (unpaired) electrons. The lowest BCUT2D eigenvalue weighted by molar-refractivity contribution is 0.0898. The van der Waals surface area contributed by atoms with Crippen LogP contribution < -0.4 is 5.32 Å². The van der Waals surface area contributed by atoms with Crippen molar-refractivity contribution in [3.8, 4) is 0 Å². The van der Waals surface area contributed by atoms with Crippen LogP contribution in [0.1, 0.15) is 37.6 Å². The van der Waals surface area contributed by atoms with E-state index in [1.54, 1.807) is 6.92 Å². The molecule has 0 saturated carbocycles. The zero-order valence-electron chi connectivity index (χ0n) is 11.3. The Balaban J connectivity index is 2.71. The fourth-order valence-corrected chi connectivity index (χ4v) is 2.24. The van der Waals surface area contributed by atoms with Crippen LogP contribution in [0, 0.1) is 11.2 Å². The van der Waals surface area contributed by atoms with E-state index in [2.05, 4.69) is 5.32 Å². The van der Waals surface area contributed by atoms with Gasteiger partial charge in [-0.05, 0) is 30.9 Å². The summed E-state index contributed by atoms with van der Waals surface area (Å²) in [4.78, 5) is 11.9. The number of aliphatic hydroxyl groups is 1. The summed E-state index contributed by atoms with van der Waals surface area (Å²) in [5.41, 5.74) is -0.418. The number of halogens is 2. The molecule has 19 heavy (non-hydrogen) atoms. The zero-order valence-corrected chi connectivity index (χ0v) is 12.1. The van der Waals surface area contributed by atoms with Gasteiger partial charge in [-0.2, -0.15) is 0 Å². The highest BCUT2D eigenvalue weighted by Crippen LogP contribution is 2.22. The average Bonchev–Trinajstić information content (AvgIpc) is 2.24. The topological polar surface area (TPSA) is 49.3 Å². The van der Waals surface area contributed by atoms with Crippen molar-refractivity contribution in [3.05, 3.63) is 34.6 Å². The number of benzene rings is 1. The second-order valence-electron chi connectivity index (χ2n) is 5.50. The first kappa shape index (κ1) is 15.9. The van der Waals surface area contributed by atoms with Gasteiger partial charge in [0.15, 0.2) is 0 Å². The lowest BCUT2D eigenvalue weighted by Gasteiger charge is -2.26. The Hall–Kier alpha value is -1.13. The van der Waals surface area contributed by atoms with E-state index >= 15 is 0 Å². The van der Waals surface area contributed by atoms with E-state index in [4.69, 9.17) is 11.6 Å². The number of carbonyl (C=O) groups is 1. The molecule has 0 aliphatic rings. The second-order valence-corrected chi connectivity index (χ2v) is 5.90. The Morgan fingerprint density at radius 2 is 2.16 bits per heavy atom. The van der Waals surface area contributed by atoms with Crippen LogP contribution in [0.15, 0.2) is 18.2 Å². The SMILES string of the molecule is CC(O)CC(C)(C)CNC(=O)c1c(F)cccc1Cl.